The number of rotatable bonds is 29. The summed E-state index contributed by atoms with van der Waals surface area (Å²) >= 11 is 2.57. The van der Waals surface area contributed by atoms with E-state index in [1.165, 1.54) is 81.3 Å². The molecule has 35 nitrogen and oxygen atoms in total. The predicted molar refractivity (Wildman–Crippen MR) is 339 cm³/mol. The van der Waals surface area contributed by atoms with Gasteiger partial charge in [-0.25, -0.2) is 67.1 Å². The number of esters is 13. The van der Waals surface area contributed by atoms with Crippen molar-refractivity contribution in [2.24, 2.45) is 0 Å². The number of carbonyl (C=O) groups excluding carboxylic acids is 15. The molecule has 99 heavy (non-hydrogen) atoms. The minimum absolute atomic E-state index is 0.00981. The van der Waals surface area contributed by atoms with Crippen LogP contribution in [0.2, 0.25) is 0 Å². The van der Waals surface area contributed by atoms with Gasteiger partial charge in [-0.05, 0) is 149 Å². The fourth-order valence-electron chi connectivity index (χ4n) is 8.23. The molecule has 0 aliphatic carbocycles. The van der Waals surface area contributed by atoms with Gasteiger partial charge >= 0.3 is 83.6 Å². The number of likely N-dealkylation sites (N-methyl/N-ethyl adjacent to an activating group) is 2. The monoisotopic (exact) mass is 1450 g/mol. The van der Waals surface area contributed by atoms with Gasteiger partial charge in [-0.2, -0.15) is 0 Å². The number of carboxylic acids is 1. The van der Waals surface area contributed by atoms with Gasteiger partial charge in [0.25, 0.3) is 11.8 Å². The SMILES string of the molecule is CCOC(=O)[C@H](C)OC(=O)[C@H](C)OC(=O)[C@H](C)OC(=O)[C@H](C)OC(=O)[C@H](C)OC(=O)[C@H](C)O.CCOC(=O)[C@H](C)OC(=O)[C@H](C)OC(=O)[C@H](C)OC(=O)[C@H](C)OC(=O)[C@H](C)OC(=O)[C@H](C)OC(=O)/C=C1/SC(N2CCCCC2)C(=O)N1C.CN1C(=O)C(N2CCCCC2)S/C1=C/C(=O)O. The number of hydrogen-bond acceptors (Lipinski definition) is 34. The van der Waals surface area contributed by atoms with Crippen molar-refractivity contribution in [1.29, 1.82) is 0 Å². The van der Waals surface area contributed by atoms with E-state index in [1.807, 2.05) is 0 Å². The summed E-state index contributed by atoms with van der Waals surface area (Å²) < 4.78 is 63.2. The van der Waals surface area contributed by atoms with Crippen LogP contribution in [0.3, 0.4) is 0 Å². The summed E-state index contributed by atoms with van der Waals surface area (Å²) in [6.45, 7) is 21.0. The van der Waals surface area contributed by atoms with Crippen LogP contribution >= 0.6 is 23.5 Å². The number of amides is 2. The standard InChI is InChI=1S/C31H44N2O15S.C20H30O13.C11H16N2O3S/c1-9-42-26(36)16(2)44-28(38)18(4)46-30(40)20(6)48-31(41)21(7)47-29(39)19(5)45-27(37)17(3)43-23(34)15-22-32(8)24(35)25(49-22)33-13-11-10-12-14-33;1-8-28-16(23)10(3)30-18(25)12(5)32-20(27)14(7)33-19(26)13(6)31-17(24)11(4)29-15(22)9(2)21;1-12-8(7-9(14)15)17-11(10(12)16)13-5-3-2-4-6-13/h15-21,25H,9-14H2,1-8H3;9-14,21H,8H2,1-7H3;7,11H,2-6H2,1H3,(H,14,15)/b22-15+;;8-7+/t16-,17-,18-,19-,20-,21-,25?;9-,10-,11-,12-,13-,14-;/m00./s1. The first-order valence-corrected chi connectivity index (χ1v) is 33.3. The van der Waals surface area contributed by atoms with Crippen molar-refractivity contribution in [2.75, 3.05) is 53.5 Å². The molecule has 0 saturated carbocycles. The summed E-state index contributed by atoms with van der Waals surface area (Å²) in [7, 11) is 3.18. The third-order valence-electron chi connectivity index (χ3n) is 13.9. The van der Waals surface area contributed by atoms with E-state index in [4.69, 9.17) is 62.3 Å². The van der Waals surface area contributed by atoms with Crippen LogP contribution in [-0.4, -0.2) is 263 Å². The van der Waals surface area contributed by atoms with Crippen molar-refractivity contribution in [2.45, 2.75) is 219 Å². The summed E-state index contributed by atoms with van der Waals surface area (Å²) in [6.07, 6.45) is -8.50. The minimum atomic E-state index is -1.56. The van der Waals surface area contributed by atoms with E-state index in [0.29, 0.717) is 10.1 Å². The van der Waals surface area contributed by atoms with E-state index in [9.17, 15) is 76.7 Å². The zero-order valence-corrected chi connectivity index (χ0v) is 59.7. The van der Waals surface area contributed by atoms with Crippen molar-refractivity contribution < 1.29 is 149 Å². The maximum absolute atomic E-state index is 12.7. The van der Waals surface area contributed by atoms with Crippen LogP contribution in [0, 0.1) is 0 Å². The Morgan fingerprint density at radius 1 is 0.374 bits per heavy atom. The Hall–Kier alpha value is -8.42. The molecular formula is C62H90N4O31S2. The van der Waals surface area contributed by atoms with E-state index in [1.54, 1.807) is 27.9 Å². The number of thioether (sulfide) groups is 2. The first-order chi connectivity index (χ1) is 46.3. The number of aliphatic carboxylic acids is 1. The fraction of sp³-hybridized carbons (Fsp3) is 0.677. The van der Waals surface area contributed by atoms with Crippen LogP contribution in [0.1, 0.15) is 135 Å². The van der Waals surface area contributed by atoms with E-state index in [2.05, 4.69) is 19.3 Å². The molecule has 2 amide bonds. The molecule has 0 aromatic rings. The van der Waals surface area contributed by atoms with Gasteiger partial charge < -0.3 is 81.6 Å². The Bertz CT molecular complexity index is 2960. The highest BCUT2D eigenvalue weighted by Crippen LogP contribution is 2.38. The summed E-state index contributed by atoms with van der Waals surface area (Å²) in [5.74, 6) is -14.6. The molecule has 4 fully saturated rings. The largest absolute Gasteiger partial charge is 0.478 e. The highest BCUT2D eigenvalue weighted by atomic mass is 32.2. The molecule has 4 rings (SSSR count). The second kappa shape index (κ2) is 42.5. The Labute approximate surface area is 580 Å². The quantitative estimate of drug-likeness (QED) is 0.0609. The van der Waals surface area contributed by atoms with Gasteiger partial charge in [-0.3, -0.25) is 19.4 Å². The molecule has 0 spiro atoms. The van der Waals surface area contributed by atoms with E-state index in [0.717, 1.165) is 112 Å². The number of ether oxygens (including phenoxy) is 13. The highest BCUT2D eigenvalue weighted by molar-refractivity contribution is 8.05. The fourth-order valence-corrected chi connectivity index (χ4v) is 10.8. The topological polar surface area (TPSA) is 447 Å². The Balaban J connectivity index is 0.000000568. The number of likely N-dealkylation sites (tertiary alicyclic amines) is 2. The van der Waals surface area contributed by atoms with Crippen LogP contribution in [0.5, 0.6) is 0 Å². The summed E-state index contributed by atoms with van der Waals surface area (Å²) in [5.41, 5.74) is 0. The van der Waals surface area contributed by atoms with Crippen molar-refractivity contribution in [3.63, 3.8) is 0 Å². The highest BCUT2D eigenvalue weighted by Gasteiger charge is 2.42. The van der Waals surface area contributed by atoms with E-state index < -0.39 is 162 Å². The zero-order chi connectivity index (χ0) is 75.3. The van der Waals surface area contributed by atoms with Gasteiger partial charge in [0.15, 0.2) is 67.1 Å². The molecule has 0 aromatic heterocycles. The third-order valence-corrected chi connectivity index (χ3v) is 16.6. The number of hydrogen-bond donors (Lipinski definition) is 2. The van der Waals surface area contributed by atoms with E-state index in [-0.39, 0.29) is 30.4 Å². The maximum Gasteiger partial charge on any atom is 0.348 e. The van der Waals surface area contributed by atoms with Crippen molar-refractivity contribution >= 4 is 119 Å². The Kier molecular flexibility index (Phi) is 37.2. The molecule has 14 atom stereocenters. The molecule has 37 heteroatoms. The first kappa shape index (κ1) is 86.7. The molecule has 0 bridgehead atoms. The molecule has 556 valence electrons. The van der Waals surface area contributed by atoms with Crippen LogP contribution in [-0.2, 0) is 138 Å². The third kappa shape index (κ3) is 29.1. The number of nitrogens with zero attached hydrogens (tertiary/aromatic N) is 4. The smallest absolute Gasteiger partial charge is 0.348 e. The van der Waals surface area contributed by atoms with Gasteiger partial charge in [-0.1, -0.05) is 36.4 Å². The number of aliphatic hydroxyl groups excluding tert-OH is 1. The Morgan fingerprint density at radius 2 is 0.596 bits per heavy atom. The molecule has 2 N–H and O–H groups in total. The lowest BCUT2D eigenvalue weighted by Crippen LogP contribution is -2.42. The molecular weight excluding hydrogens is 1360 g/mol. The van der Waals surface area contributed by atoms with Gasteiger partial charge in [0, 0.05) is 14.1 Å². The molecule has 0 radical (unpaired) electrons. The number of aliphatic hydroxyl groups is 1. The van der Waals surface area contributed by atoms with Crippen molar-refractivity contribution in [3.8, 4) is 0 Å². The van der Waals surface area contributed by atoms with Gasteiger partial charge in [0.2, 0.25) is 0 Å². The molecule has 4 aliphatic rings. The normalized spacial score (nSPS) is 20.7. The van der Waals surface area contributed by atoms with Crippen molar-refractivity contribution in [3.05, 3.63) is 22.2 Å². The molecule has 4 saturated heterocycles. The maximum atomic E-state index is 12.7. The summed E-state index contributed by atoms with van der Waals surface area (Å²) in [4.78, 5) is 199. The predicted octanol–water partition coefficient (Wildman–Crippen LogP) is 1.52. The zero-order valence-electron chi connectivity index (χ0n) is 58.1. The second-order valence-corrected chi connectivity index (χ2v) is 24.5. The number of carboxylic acid groups (broad SMARTS) is 1. The molecule has 4 aliphatic heterocycles. The second-order valence-electron chi connectivity index (χ2n) is 22.3. The Morgan fingerprint density at radius 3 is 0.828 bits per heavy atom. The lowest BCUT2D eigenvalue weighted by atomic mass is 10.1. The van der Waals surface area contributed by atoms with Gasteiger partial charge in [0.05, 0.1) is 35.4 Å². The summed E-state index contributed by atoms with van der Waals surface area (Å²) in [6, 6.07) is 0. The summed E-state index contributed by atoms with van der Waals surface area (Å²) in [5, 5.41) is 18.0. The van der Waals surface area contributed by atoms with Gasteiger partial charge in [-0.15, -0.1) is 0 Å². The molecule has 4 heterocycles. The van der Waals surface area contributed by atoms with Crippen LogP contribution in [0.15, 0.2) is 22.2 Å². The van der Waals surface area contributed by atoms with E-state index >= 15 is 0 Å². The van der Waals surface area contributed by atoms with Gasteiger partial charge in [0.1, 0.15) is 16.9 Å². The molecule has 2 unspecified atom stereocenters. The lowest BCUT2D eigenvalue weighted by Gasteiger charge is -2.29. The van der Waals surface area contributed by atoms with Crippen LogP contribution in [0.4, 0.5) is 0 Å². The number of carbonyl (C=O) groups is 16. The average Bonchev–Trinajstić information content (AvgIpc) is 1.68. The van der Waals surface area contributed by atoms with Crippen LogP contribution < -0.4 is 0 Å². The van der Waals surface area contributed by atoms with Crippen molar-refractivity contribution in [1.82, 2.24) is 19.6 Å². The lowest BCUT2D eigenvalue weighted by molar-refractivity contribution is -0.187. The van der Waals surface area contributed by atoms with Crippen LogP contribution in [0.25, 0.3) is 0 Å². The number of piperidine rings is 2. The minimum Gasteiger partial charge on any atom is -0.478 e. The first-order valence-electron chi connectivity index (χ1n) is 31.6. The molecule has 0 aromatic carbocycles. The average molecular weight is 1450 g/mol.